The van der Waals surface area contributed by atoms with Crippen molar-refractivity contribution in [3.63, 3.8) is 0 Å². The molecule has 0 spiro atoms. The van der Waals surface area contributed by atoms with Crippen molar-refractivity contribution in [2.75, 3.05) is 0 Å². The van der Waals surface area contributed by atoms with Gasteiger partial charge < -0.3 is 0 Å². The number of halogens is 1. The van der Waals surface area contributed by atoms with Crippen LogP contribution in [0.4, 0.5) is 0 Å². The molecule has 4 rings (SSSR count). The van der Waals surface area contributed by atoms with Gasteiger partial charge in [0.1, 0.15) is 0 Å². The van der Waals surface area contributed by atoms with E-state index in [-0.39, 0.29) is 0 Å². The second-order valence-corrected chi connectivity index (χ2v) is 6.67. The summed E-state index contributed by atoms with van der Waals surface area (Å²) in [6.07, 6.45) is 1.94. The van der Waals surface area contributed by atoms with Crippen molar-refractivity contribution < 1.29 is 0 Å². The second kappa shape index (κ2) is 6.13. The van der Waals surface area contributed by atoms with E-state index in [4.69, 9.17) is 4.98 Å². The van der Waals surface area contributed by atoms with Crippen LogP contribution in [0, 0.1) is 0 Å². The SMILES string of the molecule is Brc1cccc(CCc2nc3ccccc3c3ccccc23)c1. The van der Waals surface area contributed by atoms with Crippen LogP contribution in [0.2, 0.25) is 0 Å². The highest BCUT2D eigenvalue weighted by atomic mass is 79.9. The number of hydrogen-bond acceptors (Lipinski definition) is 1. The minimum atomic E-state index is 0.946. The predicted octanol–water partition coefficient (Wildman–Crippen LogP) is 5.94. The first kappa shape index (κ1) is 14.4. The molecule has 0 aliphatic rings. The third kappa shape index (κ3) is 2.87. The van der Waals surface area contributed by atoms with Crippen LogP contribution in [0.3, 0.4) is 0 Å². The molecule has 0 amide bonds. The van der Waals surface area contributed by atoms with Crippen molar-refractivity contribution >= 4 is 37.6 Å². The van der Waals surface area contributed by atoms with Gasteiger partial charge >= 0.3 is 0 Å². The van der Waals surface area contributed by atoms with Crippen LogP contribution in [0.1, 0.15) is 11.3 Å². The largest absolute Gasteiger partial charge is 0.252 e. The summed E-state index contributed by atoms with van der Waals surface area (Å²) >= 11 is 3.55. The van der Waals surface area contributed by atoms with Crippen LogP contribution in [0.15, 0.2) is 77.3 Å². The Morgan fingerprint density at radius 2 is 1.43 bits per heavy atom. The Balaban J connectivity index is 1.79. The lowest BCUT2D eigenvalue weighted by Gasteiger charge is -2.10. The highest BCUT2D eigenvalue weighted by Gasteiger charge is 2.08. The van der Waals surface area contributed by atoms with Crippen molar-refractivity contribution in [3.8, 4) is 0 Å². The van der Waals surface area contributed by atoms with E-state index in [2.05, 4.69) is 88.7 Å². The van der Waals surface area contributed by atoms with E-state index in [0.717, 1.165) is 22.8 Å². The van der Waals surface area contributed by atoms with E-state index < -0.39 is 0 Å². The Morgan fingerprint density at radius 1 is 0.696 bits per heavy atom. The molecular formula is C21H16BrN. The molecule has 0 saturated carbocycles. The van der Waals surface area contributed by atoms with Gasteiger partial charge in [-0.1, -0.05) is 70.5 Å². The molecule has 0 atom stereocenters. The molecule has 0 N–H and O–H groups in total. The molecule has 112 valence electrons. The van der Waals surface area contributed by atoms with E-state index in [1.54, 1.807) is 0 Å². The van der Waals surface area contributed by atoms with Crippen LogP contribution >= 0.6 is 15.9 Å². The lowest BCUT2D eigenvalue weighted by molar-refractivity contribution is 0.933. The summed E-state index contributed by atoms with van der Waals surface area (Å²) in [7, 11) is 0. The minimum Gasteiger partial charge on any atom is -0.252 e. The van der Waals surface area contributed by atoms with Crippen LogP contribution < -0.4 is 0 Å². The Morgan fingerprint density at radius 3 is 2.26 bits per heavy atom. The smallest absolute Gasteiger partial charge is 0.0711 e. The molecule has 23 heavy (non-hydrogen) atoms. The summed E-state index contributed by atoms with van der Waals surface area (Å²) in [5, 5.41) is 3.79. The molecule has 0 aliphatic heterocycles. The fourth-order valence-electron chi connectivity index (χ4n) is 3.12. The van der Waals surface area contributed by atoms with E-state index in [1.165, 1.54) is 27.4 Å². The first-order chi connectivity index (χ1) is 11.3. The van der Waals surface area contributed by atoms with Crippen LogP contribution in [-0.2, 0) is 12.8 Å². The van der Waals surface area contributed by atoms with Gasteiger partial charge in [0.05, 0.1) is 5.52 Å². The summed E-state index contributed by atoms with van der Waals surface area (Å²) in [6, 6.07) is 25.5. The number of rotatable bonds is 3. The number of aryl methyl sites for hydroxylation is 2. The van der Waals surface area contributed by atoms with Gasteiger partial charge in [-0.25, -0.2) is 0 Å². The predicted molar refractivity (Wildman–Crippen MR) is 101 cm³/mol. The topological polar surface area (TPSA) is 12.9 Å². The van der Waals surface area contributed by atoms with Gasteiger partial charge in [-0.3, -0.25) is 4.98 Å². The maximum absolute atomic E-state index is 4.93. The summed E-state index contributed by atoms with van der Waals surface area (Å²) in [5.74, 6) is 0. The number of nitrogens with zero attached hydrogens (tertiary/aromatic N) is 1. The average molecular weight is 362 g/mol. The fourth-order valence-corrected chi connectivity index (χ4v) is 3.57. The third-order valence-electron chi connectivity index (χ3n) is 4.23. The minimum absolute atomic E-state index is 0.946. The zero-order valence-electron chi connectivity index (χ0n) is 12.7. The van der Waals surface area contributed by atoms with Gasteiger partial charge in [0.15, 0.2) is 0 Å². The third-order valence-corrected chi connectivity index (χ3v) is 4.72. The van der Waals surface area contributed by atoms with Gasteiger partial charge in [-0.05, 0) is 42.0 Å². The van der Waals surface area contributed by atoms with E-state index in [1.807, 2.05) is 0 Å². The number of pyridine rings is 1. The molecule has 1 nitrogen and oxygen atoms in total. The second-order valence-electron chi connectivity index (χ2n) is 5.75. The van der Waals surface area contributed by atoms with Crippen LogP contribution in [0.5, 0.6) is 0 Å². The molecule has 3 aromatic carbocycles. The number of aromatic nitrogens is 1. The summed E-state index contributed by atoms with van der Waals surface area (Å²) < 4.78 is 1.13. The molecule has 2 heteroatoms. The maximum atomic E-state index is 4.93. The van der Waals surface area contributed by atoms with Gasteiger partial charge in [0, 0.05) is 20.9 Å². The van der Waals surface area contributed by atoms with Gasteiger partial charge in [-0.15, -0.1) is 0 Å². The van der Waals surface area contributed by atoms with Crippen molar-refractivity contribution in [1.29, 1.82) is 0 Å². The Hall–Kier alpha value is -2.19. The fraction of sp³-hybridized carbons (Fsp3) is 0.0952. The summed E-state index contributed by atoms with van der Waals surface area (Å²) in [5.41, 5.74) is 3.59. The monoisotopic (exact) mass is 361 g/mol. The van der Waals surface area contributed by atoms with E-state index in [9.17, 15) is 0 Å². The van der Waals surface area contributed by atoms with Gasteiger partial charge in [0.25, 0.3) is 0 Å². The summed E-state index contributed by atoms with van der Waals surface area (Å²) in [4.78, 5) is 4.93. The molecule has 4 aromatic rings. The number of fused-ring (bicyclic) bond motifs is 3. The first-order valence-electron chi connectivity index (χ1n) is 7.82. The number of hydrogen-bond donors (Lipinski definition) is 0. The molecule has 0 bridgehead atoms. The average Bonchev–Trinajstić information content (AvgIpc) is 2.60. The quantitative estimate of drug-likeness (QED) is 0.411. The molecule has 0 aliphatic carbocycles. The molecule has 0 radical (unpaired) electrons. The zero-order valence-corrected chi connectivity index (χ0v) is 14.3. The lowest BCUT2D eigenvalue weighted by Crippen LogP contribution is -1.97. The molecule has 1 aromatic heterocycles. The van der Waals surface area contributed by atoms with Crippen molar-refractivity contribution in [2.24, 2.45) is 0 Å². The Kier molecular flexibility index (Phi) is 3.84. The standard InChI is InChI=1S/C21H16BrN/c22-16-7-5-6-15(14-16)12-13-21-19-9-2-1-8-17(19)18-10-3-4-11-20(18)23-21/h1-11,14H,12-13H2. The Labute approximate surface area is 144 Å². The normalized spacial score (nSPS) is 11.2. The molecular weight excluding hydrogens is 346 g/mol. The molecule has 1 heterocycles. The van der Waals surface area contributed by atoms with Gasteiger partial charge in [-0.2, -0.15) is 0 Å². The lowest BCUT2D eigenvalue weighted by atomic mass is 10.0. The molecule has 0 unspecified atom stereocenters. The molecule has 0 fully saturated rings. The highest BCUT2D eigenvalue weighted by Crippen LogP contribution is 2.27. The van der Waals surface area contributed by atoms with Crippen LogP contribution in [-0.4, -0.2) is 4.98 Å². The zero-order chi connectivity index (χ0) is 15.6. The van der Waals surface area contributed by atoms with Crippen molar-refractivity contribution in [1.82, 2.24) is 4.98 Å². The first-order valence-corrected chi connectivity index (χ1v) is 8.61. The Bertz CT molecular complexity index is 991. The highest BCUT2D eigenvalue weighted by molar-refractivity contribution is 9.10. The summed E-state index contributed by atoms with van der Waals surface area (Å²) in [6.45, 7) is 0. The number of benzene rings is 3. The molecule has 0 saturated heterocycles. The number of para-hydroxylation sites is 1. The van der Waals surface area contributed by atoms with Crippen molar-refractivity contribution in [3.05, 3.63) is 88.5 Å². The maximum Gasteiger partial charge on any atom is 0.0711 e. The van der Waals surface area contributed by atoms with Crippen molar-refractivity contribution in [2.45, 2.75) is 12.8 Å². The van der Waals surface area contributed by atoms with Gasteiger partial charge in [0.2, 0.25) is 0 Å². The van der Waals surface area contributed by atoms with E-state index in [0.29, 0.717) is 0 Å². The van der Waals surface area contributed by atoms with Crippen LogP contribution in [0.25, 0.3) is 21.7 Å². The van der Waals surface area contributed by atoms with E-state index >= 15 is 0 Å².